The van der Waals surface area contributed by atoms with Crippen LogP contribution >= 0.6 is 0 Å². The van der Waals surface area contributed by atoms with Gasteiger partial charge in [-0.1, -0.05) is 0 Å². The lowest BCUT2D eigenvalue weighted by atomic mass is 9.79. The third-order valence-electron chi connectivity index (χ3n) is 3.27. The van der Waals surface area contributed by atoms with Crippen molar-refractivity contribution >= 4 is 0 Å². The Bertz CT molecular complexity index is 317. The molecule has 0 radical (unpaired) electrons. The summed E-state index contributed by atoms with van der Waals surface area (Å²) in [5, 5.41) is 8.21. The number of aryl methyl sites for hydroxylation is 1. The third-order valence-corrected chi connectivity index (χ3v) is 3.27. The standard InChI is InChI=1S/C10H18N4O/c1-2-14-8-12-13-9(14)10(7-11)3-5-15-6-4-10/h8H,2-7,11H2,1H3. The Kier molecular flexibility index (Phi) is 3.02. The Morgan fingerprint density at radius 2 is 2.27 bits per heavy atom. The van der Waals surface area contributed by atoms with Gasteiger partial charge in [0.1, 0.15) is 12.2 Å². The average Bonchev–Trinajstić information content (AvgIpc) is 2.78. The fourth-order valence-corrected chi connectivity index (χ4v) is 2.18. The van der Waals surface area contributed by atoms with E-state index in [1.165, 1.54) is 0 Å². The van der Waals surface area contributed by atoms with Gasteiger partial charge in [-0.25, -0.2) is 0 Å². The first-order valence-electron chi connectivity index (χ1n) is 5.48. The quantitative estimate of drug-likeness (QED) is 0.779. The molecule has 2 rings (SSSR count). The summed E-state index contributed by atoms with van der Waals surface area (Å²) in [6.07, 6.45) is 3.67. The molecular weight excluding hydrogens is 192 g/mol. The summed E-state index contributed by atoms with van der Waals surface area (Å²) >= 11 is 0. The van der Waals surface area contributed by atoms with Crippen LogP contribution in [0.5, 0.6) is 0 Å². The van der Waals surface area contributed by atoms with E-state index in [2.05, 4.69) is 21.7 Å². The zero-order valence-electron chi connectivity index (χ0n) is 9.15. The summed E-state index contributed by atoms with van der Waals surface area (Å²) in [6.45, 7) is 5.15. The summed E-state index contributed by atoms with van der Waals surface area (Å²) in [4.78, 5) is 0. The maximum absolute atomic E-state index is 5.92. The van der Waals surface area contributed by atoms with E-state index in [-0.39, 0.29) is 5.41 Å². The van der Waals surface area contributed by atoms with Crippen LogP contribution in [0.15, 0.2) is 6.33 Å². The molecule has 1 aliphatic heterocycles. The summed E-state index contributed by atoms with van der Waals surface area (Å²) in [7, 11) is 0. The second-order valence-corrected chi connectivity index (χ2v) is 4.04. The number of nitrogens with zero attached hydrogens (tertiary/aromatic N) is 3. The summed E-state index contributed by atoms with van der Waals surface area (Å²) in [5.41, 5.74) is 5.89. The van der Waals surface area contributed by atoms with E-state index >= 15 is 0 Å². The highest BCUT2D eigenvalue weighted by Gasteiger charge is 2.37. The minimum absolute atomic E-state index is 0.0231. The average molecular weight is 210 g/mol. The van der Waals surface area contributed by atoms with Crippen LogP contribution in [0.4, 0.5) is 0 Å². The molecule has 0 atom stereocenters. The Labute approximate surface area is 89.6 Å². The predicted molar refractivity (Wildman–Crippen MR) is 56.5 cm³/mol. The maximum Gasteiger partial charge on any atom is 0.140 e. The lowest BCUT2D eigenvalue weighted by Crippen LogP contribution is -2.42. The van der Waals surface area contributed by atoms with E-state index < -0.39 is 0 Å². The van der Waals surface area contributed by atoms with Crippen molar-refractivity contribution in [1.29, 1.82) is 0 Å². The number of hydrogen-bond acceptors (Lipinski definition) is 4. The lowest BCUT2D eigenvalue weighted by Gasteiger charge is -2.35. The highest BCUT2D eigenvalue weighted by Crippen LogP contribution is 2.32. The fourth-order valence-electron chi connectivity index (χ4n) is 2.18. The molecule has 2 N–H and O–H groups in total. The van der Waals surface area contributed by atoms with Crippen molar-refractivity contribution in [2.24, 2.45) is 5.73 Å². The molecule has 84 valence electrons. The molecule has 0 aromatic carbocycles. The molecular formula is C10H18N4O. The normalized spacial score (nSPS) is 20.4. The van der Waals surface area contributed by atoms with Crippen LogP contribution in [-0.4, -0.2) is 34.5 Å². The van der Waals surface area contributed by atoms with E-state index in [9.17, 15) is 0 Å². The Morgan fingerprint density at radius 1 is 1.53 bits per heavy atom. The highest BCUT2D eigenvalue weighted by atomic mass is 16.5. The van der Waals surface area contributed by atoms with E-state index in [0.29, 0.717) is 6.54 Å². The van der Waals surface area contributed by atoms with Gasteiger partial charge in [0.2, 0.25) is 0 Å². The summed E-state index contributed by atoms with van der Waals surface area (Å²) in [5.74, 6) is 1.02. The second-order valence-electron chi connectivity index (χ2n) is 4.04. The van der Waals surface area contributed by atoms with E-state index in [1.54, 1.807) is 6.33 Å². The molecule has 15 heavy (non-hydrogen) atoms. The van der Waals surface area contributed by atoms with Gasteiger partial charge in [-0.15, -0.1) is 10.2 Å². The maximum atomic E-state index is 5.92. The minimum atomic E-state index is -0.0231. The Balaban J connectivity index is 2.32. The number of rotatable bonds is 3. The molecule has 0 unspecified atom stereocenters. The van der Waals surface area contributed by atoms with Gasteiger partial charge < -0.3 is 15.0 Å². The first-order valence-corrected chi connectivity index (χ1v) is 5.48. The molecule has 1 aromatic heterocycles. The van der Waals surface area contributed by atoms with Gasteiger partial charge in [-0.3, -0.25) is 0 Å². The first kappa shape index (κ1) is 10.6. The van der Waals surface area contributed by atoms with Crippen molar-refractivity contribution in [1.82, 2.24) is 14.8 Å². The van der Waals surface area contributed by atoms with Crippen LogP contribution in [0.1, 0.15) is 25.6 Å². The van der Waals surface area contributed by atoms with Crippen molar-refractivity contribution in [3.63, 3.8) is 0 Å². The van der Waals surface area contributed by atoms with Crippen molar-refractivity contribution in [3.8, 4) is 0 Å². The van der Waals surface area contributed by atoms with E-state index in [4.69, 9.17) is 10.5 Å². The highest BCUT2D eigenvalue weighted by molar-refractivity contribution is 5.10. The van der Waals surface area contributed by atoms with Gasteiger partial charge in [0, 0.05) is 31.7 Å². The minimum Gasteiger partial charge on any atom is -0.381 e. The summed E-state index contributed by atoms with van der Waals surface area (Å²) < 4.78 is 7.47. The van der Waals surface area contributed by atoms with Crippen LogP contribution in [0.3, 0.4) is 0 Å². The van der Waals surface area contributed by atoms with Crippen molar-refractivity contribution in [2.75, 3.05) is 19.8 Å². The first-order chi connectivity index (χ1) is 7.32. The molecule has 0 aliphatic carbocycles. The molecule has 0 spiro atoms. The molecule has 1 fully saturated rings. The number of ether oxygens (including phenoxy) is 1. The lowest BCUT2D eigenvalue weighted by molar-refractivity contribution is 0.0486. The molecule has 0 amide bonds. The topological polar surface area (TPSA) is 66.0 Å². The smallest absolute Gasteiger partial charge is 0.140 e. The number of nitrogens with two attached hydrogens (primary N) is 1. The zero-order chi connectivity index (χ0) is 10.7. The van der Waals surface area contributed by atoms with Crippen LogP contribution in [0.2, 0.25) is 0 Å². The molecule has 0 bridgehead atoms. The monoisotopic (exact) mass is 210 g/mol. The fraction of sp³-hybridized carbons (Fsp3) is 0.800. The molecule has 5 nitrogen and oxygen atoms in total. The second kappa shape index (κ2) is 4.28. The van der Waals surface area contributed by atoms with Crippen molar-refractivity contribution in [3.05, 3.63) is 12.2 Å². The van der Waals surface area contributed by atoms with Gasteiger partial charge in [-0.2, -0.15) is 0 Å². The largest absolute Gasteiger partial charge is 0.381 e. The zero-order valence-corrected chi connectivity index (χ0v) is 9.15. The van der Waals surface area contributed by atoms with Gasteiger partial charge >= 0.3 is 0 Å². The number of aromatic nitrogens is 3. The molecule has 5 heteroatoms. The van der Waals surface area contributed by atoms with Gasteiger partial charge in [0.15, 0.2) is 0 Å². The Hall–Kier alpha value is -0.940. The van der Waals surface area contributed by atoms with Gasteiger partial charge in [0.05, 0.1) is 0 Å². The van der Waals surface area contributed by atoms with Gasteiger partial charge in [-0.05, 0) is 19.8 Å². The third kappa shape index (κ3) is 1.77. The van der Waals surface area contributed by atoms with Crippen LogP contribution in [-0.2, 0) is 16.7 Å². The van der Waals surface area contributed by atoms with Crippen LogP contribution in [0, 0.1) is 0 Å². The van der Waals surface area contributed by atoms with Gasteiger partial charge in [0.25, 0.3) is 0 Å². The molecule has 2 heterocycles. The SMILES string of the molecule is CCn1cnnc1C1(CN)CCOCC1. The van der Waals surface area contributed by atoms with Crippen molar-refractivity contribution < 1.29 is 4.74 Å². The number of hydrogen-bond donors (Lipinski definition) is 1. The van der Waals surface area contributed by atoms with Crippen LogP contribution in [0.25, 0.3) is 0 Å². The van der Waals surface area contributed by atoms with Crippen molar-refractivity contribution in [2.45, 2.75) is 31.7 Å². The predicted octanol–water partition coefficient (Wildman–Crippen LogP) is 0.305. The molecule has 1 aromatic rings. The Morgan fingerprint density at radius 3 is 2.87 bits per heavy atom. The molecule has 0 saturated carbocycles. The van der Waals surface area contributed by atoms with E-state index in [0.717, 1.165) is 38.4 Å². The summed E-state index contributed by atoms with van der Waals surface area (Å²) in [6, 6.07) is 0. The molecule has 1 aliphatic rings. The molecule has 1 saturated heterocycles. The van der Waals surface area contributed by atoms with Crippen LogP contribution < -0.4 is 5.73 Å². The van der Waals surface area contributed by atoms with E-state index in [1.807, 2.05) is 0 Å².